The first kappa shape index (κ1) is 8.05. The lowest BCUT2D eigenvalue weighted by molar-refractivity contribution is 0.0967. The van der Waals surface area contributed by atoms with Crippen molar-refractivity contribution in [3.63, 3.8) is 0 Å². The highest BCUT2D eigenvalue weighted by atomic mass is 16.3. The first-order valence-corrected chi connectivity index (χ1v) is 3.75. The Labute approximate surface area is 66.2 Å². The average molecular weight is 152 g/mol. The molecule has 0 aliphatic carbocycles. The summed E-state index contributed by atoms with van der Waals surface area (Å²) in [6, 6.07) is 1.70. The number of rotatable bonds is 3. The molecule has 1 aromatic rings. The van der Waals surface area contributed by atoms with Crippen molar-refractivity contribution in [1.29, 1.82) is 0 Å². The molecule has 0 fully saturated rings. The van der Waals surface area contributed by atoms with Gasteiger partial charge in [0.05, 0.1) is 11.8 Å². The fourth-order valence-corrected chi connectivity index (χ4v) is 0.912. The number of furan rings is 1. The summed E-state index contributed by atoms with van der Waals surface area (Å²) < 4.78 is 4.80. The molecule has 0 unspecified atom stereocenters. The van der Waals surface area contributed by atoms with Gasteiger partial charge in [0.15, 0.2) is 5.78 Å². The summed E-state index contributed by atoms with van der Waals surface area (Å²) >= 11 is 0. The van der Waals surface area contributed by atoms with Crippen LogP contribution in [-0.2, 0) is 0 Å². The first-order chi connectivity index (χ1) is 5.20. The molecule has 60 valence electrons. The van der Waals surface area contributed by atoms with E-state index in [9.17, 15) is 4.79 Å². The van der Waals surface area contributed by atoms with Crippen LogP contribution in [0.1, 0.15) is 30.6 Å². The highest BCUT2D eigenvalue weighted by Gasteiger charge is 2.08. The van der Waals surface area contributed by atoms with E-state index in [1.54, 1.807) is 6.07 Å². The van der Waals surface area contributed by atoms with Gasteiger partial charge in [-0.15, -0.1) is 0 Å². The Morgan fingerprint density at radius 3 is 2.82 bits per heavy atom. The van der Waals surface area contributed by atoms with Crippen molar-refractivity contribution < 1.29 is 9.21 Å². The summed E-state index contributed by atoms with van der Waals surface area (Å²) in [6.07, 6.45) is 3.61. The van der Waals surface area contributed by atoms with E-state index in [1.165, 1.54) is 12.5 Å². The largest absolute Gasteiger partial charge is 0.472 e. The van der Waals surface area contributed by atoms with E-state index >= 15 is 0 Å². The highest BCUT2D eigenvalue weighted by Crippen LogP contribution is 2.08. The molecule has 0 atom stereocenters. The maximum atomic E-state index is 11.3. The van der Waals surface area contributed by atoms with Gasteiger partial charge in [0.2, 0.25) is 0 Å². The molecule has 2 heteroatoms. The predicted molar refractivity (Wildman–Crippen MR) is 42.5 cm³/mol. The van der Waals surface area contributed by atoms with Crippen LogP contribution in [0.25, 0.3) is 0 Å². The normalized spacial score (nSPS) is 10.5. The summed E-state index contributed by atoms with van der Waals surface area (Å²) in [6.45, 7) is 4.05. The van der Waals surface area contributed by atoms with E-state index < -0.39 is 0 Å². The Morgan fingerprint density at radius 1 is 1.64 bits per heavy atom. The third-order valence-corrected chi connectivity index (χ3v) is 1.44. The van der Waals surface area contributed by atoms with Crippen LogP contribution in [0.15, 0.2) is 23.0 Å². The molecule has 1 rings (SSSR count). The van der Waals surface area contributed by atoms with E-state index in [1.807, 2.05) is 13.8 Å². The minimum atomic E-state index is 0.161. The number of carbonyl (C=O) groups is 1. The molecule has 0 saturated carbocycles. The Kier molecular flexibility index (Phi) is 2.47. The Bertz CT molecular complexity index is 222. The van der Waals surface area contributed by atoms with Gasteiger partial charge in [0.25, 0.3) is 0 Å². The second-order valence-electron chi connectivity index (χ2n) is 3.03. The van der Waals surface area contributed by atoms with E-state index in [0.29, 0.717) is 17.9 Å². The number of hydrogen-bond acceptors (Lipinski definition) is 2. The van der Waals surface area contributed by atoms with E-state index in [4.69, 9.17) is 4.42 Å². The number of hydrogen-bond donors (Lipinski definition) is 0. The van der Waals surface area contributed by atoms with Crippen molar-refractivity contribution in [3.8, 4) is 0 Å². The van der Waals surface area contributed by atoms with Crippen LogP contribution in [0.3, 0.4) is 0 Å². The minimum absolute atomic E-state index is 0.161. The minimum Gasteiger partial charge on any atom is -0.472 e. The molecule has 0 bridgehead atoms. The van der Waals surface area contributed by atoms with Gasteiger partial charge in [-0.05, 0) is 12.0 Å². The van der Waals surface area contributed by atoms with Crippen LogP contribution < -0.4 is 0 Å². The number of Topliss-reactive ketones (excluding diaryl/α,β-unsaturated/α-hetero) is 1. The van der Waals surface area contributed by atoms with Crippen LogP contribution in [0, 0.1) is 5.92 Å². The van der Waals surface area contributed by atoms with E-state index in [2.05, 4.69) is 0 Å². The van der Waals surface area contributed by atoms with Crippen LogP contribution in [0.4, 0.5) is 0 Å². The van der Waals surface area contributed by atoms with Crippen molar-refractivity contribution in [2.75, 3.05) is 0 Å². The quantitative estimate of drug-likeness (QED) is 0.623. The number of ketones is 1. The van der Waals surface area contributed by atoms with Crippen molar-refractivity contribution in [1.82, 2.24) is 0 Å². The van der Waals surface area contributed by atoms with Crippen LogP contribution in [0.5, 0.6) is 0 Å². The predicted octanol–water partition coefficient (Wildman–Crippen LogP) is 2.51. The fraction of sp³-hybridized carbons (Fsp3) is 0.444. The summed E-state index contributed by atoms with van der Waals surface area (Å²) in [5.74, 6) is 0.575. The average Bonchev–Trinajstić information content (AvgIpc) is 2.35. The molecular formula is C9H12O2. The second kappa shape index (κ2) is 3.37. The topological polar surface area (TPSA) is 30.2 Å². The molecule has 0 saturated heterocycles. The smallest absolute Gasteiger partial charge is 0.166 e. The van der Waals surface area contributed by atoms with Crippen molar-refractivity contribution in [3.05, 3.63) is 24.2 Å². The van der Waals surface area contributed by atoms with Gasteiger partial charge in [-0.3, -0.25) is 4.79 Å². The molecule has 2 nitrogen and oxygen atoms in total. The molecule has 0 aliphatic heterocycles. The zero-order chi connectivity index (χ0) is 8.27. The molecule has 0 N–H and O–H groups in total. The van der Waals surface area contributed by atoms with Crippen LogP contribution in [0.2, 0.25) is 0 Å². The van der Waals surface area contributed by atoms with Gasteiger partial charge in [-0.1, -0.05) is 13.8 Å². The molecule has 0 spiro atoms. The van der Waals surface area contributed by atoms with E-state index in [0.717, 1.165) is 0 Å². The summed E-state index contributed by atoms with van der Waals surface area (Å²) in [5, 5.41) is 0. The zero-order valence-electron chi connectivity index (χ0n) is 6.83. The van der Waals surface area contributed by atoms with Gasteiger partial charge in [-0.2, -0.15) is 0 Å². The lowest BCUT2D eigenvalue weighted by Gasteiger charge is -1.99. The molecule has 0 aromatic carbocycles. The Balaban J connectivity index is 2.57. The fourth-order valence-electron chi connectivity index (χ4n) is 0.912. The molecule has 1 heterocycles. The van der Waals surface area contributed by atoms with Crippen molar-refractivity contribution in [2.45, 2.75) is 20.3 Å². The standard InChI is InChI=1S/C9H12O2/c1-7(2)5-9(10)8-3-4-11-6-8/h3-4,6-7H,5H2,1-2H3. The van der Waals surface area contributed by atoms with Crippen LogP contribution >= 0.6 is 0 Å². The monoisotopic (exact) mass is 152 g/mol. The Morgan fingerprint density at radius 2 is 2.36 bits per heavy atom. The molecule has 0 radical (unpaired) electrons. The summed E-state index contributed by atoms with van der Waals surface area (Å²) in [7, 11) is 0. The SMILES string of the molecule is CC(C)CC(=O)c1ccoc1. The second-order valence-corrected chi connectivity index (χ2v) is 3.03. The molecule has 0 aliphatic rings. The van der Waals surface area contributed by atoms with Gasteiger partial charge < -0.3 is 4.42 Å². The number of carbonyl (C=O) groups excluding carboxylic acids is 1. The third kappa shape index (κ3) is 2.22. The Hall–Kier alpha value is -1.05. The van der Waals surface area contributed by atoms with Gasteiger partial charge >= 0.3 is 0 Å². The lowest BCUT2D eigenvalue weighted by atomic mass is 10.0. The maximum Gasteiger partial charge on any atom is 0.166 e. The van der Waals surface area contributed by atoms with Crippen molar-refractivity contribution >= 4 is 5.78 Å². The summed E-state index contributed by atoms with van der Waals surface area (Å²) in [4.78, 5) is 11.3. The first-order valence-electron chi connectivity index (χ1n) is 3.75. The summed E-state index contributed by atoms with van der Waals surface area (Å²) in [5.41, 5.74) is 0.679. The zero-order valence-corrected chi connectivity index (χ0v) is 6.83. The van der Waals surface area contributed by atoms with Gasteiger partial charge in [0, 0.05) is 6.42 Å². The van der Waals surface area contributed by atoms with Crippen LogP contribution in [-0.4, -0.2) is 5.78 Å². The molecule has 11 heavy (non-hydrogen) atoms. The molecular weight excluding hydrogens is 140 g/mol. The van der Waals surface area contributed by atoms with Gasteiger partial charge in [0.1, 0.15) is 6.26 Å². The highest BCUT2D eigenvalue weighted by molar-refractivity contribution is 5.95. The van der Waals surface area contributed by atoms with Crippen molar-refractivity contribution in [2.24, 2.45) is 5.92 Å². The maximum absolute atomic E-state index is 11.3. The van der Waals surface area contributed by atoms with Gasteiger partial charge in [-0.25, -0.2) is 0 Å². The molecule has 1 aromatic heterocycles. The third-order valence-electron chi connectivity index (χ3n) is 1.44. The van der Waals surface area contributed by atoms with E-state index in [-0.39, 0.29) is 5.78 Å². The lowest BCUT2D eigenvalue weighted by Crippen LogP contribution is -2.01. The molecule has 0 amide bonds.